The van der Waals surface area contributed by atoms with Crippen LogP contribution in [0.5, 0.6) is 0 Å². The van der Waals surface area contributed by atoms with Crippen LogP contribution in [0.3, 0.4) is 0 Å². The molecule has 0 spiro atoms. The number of rotatable bonds is 1. The Morgan fingerprint density at radius 1 is 1.33 bits per heavy atom. The standard InChI is InChI=1S/C13H19N5O2S/c1-9-3-4-18(5-6-21(9)20)13-11-12(14-8-15-13)17(2)7-10(19)16-11/h8-9H,3-7H2,1-2H3,(H,16,19). The van der Waals surface area contributed by atoms with E-state index in [0.29, 0.717) is 24.5 Å². The maximum atomic E-state index is 12.0. The molecular formula is C13H19N5O2S. The zero-order valence-corrected chi connectivity index (χ0v) is 13.0. The SMILES string of the molecule is CC1CCN(c2ncnc3c2NC(=O)CN3C)CCS1=O. The number of fused-ring (bicyclic) bond motifs is 1. The molecule has 0 bridgehead atoms. The first-order chi connectivity index (χ1) is 10.1. The van der Waals surface area contributed by atoms with Gasteiger partial charge in [-0.25, -0.2) is 9.97 Å². The van der Waals surface area contributed by atoms with Gasteiger partial charge in [-0.05, 0) is 6.42 Å². The van der Waals surface area contributed by atoms with Crippen molar-refractivity contribution in [3.63, 3.8) is 0 Å². The van der Waals surface area contributed by atoms with Crippen LogP contribution in [0.15, 0.2) is 6.33 Å². The molecule has 0 aliphatic carbocycles. The van der Waals surface area contributed by atoms with Crippen LogP contribution in [0.25, 0.3) is 0 Å². The minimum Gasteiger partial charge on any atom is -0.354 e. The fourth-order valence-corrected chi connectivity index (χ4v) is 3.84. The van der Waals surface area contributed by atoms with Gasteiger partial charge in [0, 0.05) is 41.9 Å². The van der Waals surface area contributed by atoms with Crippen LogP contribution in [0, 0.1) is 0 Å². The van der Waals surface area contributed by atoms with Gasteiger partial charge in [-0.3, -0.25) is 9.00 Å². The second-order valence-electron chi connectivity index (χ2n) is 5.47. The summed E-state index contributed by atoms with van der Waals surface area (Å²) < 4.78 is 12.0. The number of carbonyl (C=O) groups excluding carboxylic acids is 1. The third-order valence-corrected chi connectivity index (χ3v) is 5.65. The van der Waals surface area contributed by atoms with E-state index < -0.39 is 10.8 Å². The Bertz CT molecular complexity index is 594. The fourth-order valence-electron chi connectivity index (χ4n) is 2.67. The Balaban J connectivity index is 1.94. The monoisotopic (exact) mass is 309 g/mol. The first-order valence-corrected chi connectivity index (χ1v) is 8.42. The summed E-state index contributed by atoms with van der Waals surface area (Å²) in [6, 6.07) is 0. The number of hydrogen-bond acceptors (Lipinski definition) is 6. The van der Waals surface area contributed by atoms with E-state index in [2.05, 4.69) is 20.2 Å². The van der Waals surface area contributed by atoms with Gasteiger partial charge in [-0.2, -0.15) is 0 Å². The lowest BCUT2D eigenvalue weighted by atomic mass is 10.2. The minimum atomic E-state index is -0.795. The van der Waals surface area contributed by atoms with E-state index >= 15 is 0 Å². The molecule has 1 saturated heterocycles. The van der Waals surface area contributed by atoms with E-state index in [0.717, 1.165) is 24.6 Å². The van der Waals surface area contributed by atoms with Gasteiger partial charge in [0.25, 0.3) is 0 Å². The van der Waals surface area contributed by atoms with Crippen LogP contribution in [0.4, 0.5) is 17.3 Å². The quantitative estimate of drug-likeness (QED) is 0.799. The lowest BCUT2D eigenvalue weighted by molar-refractivity contribution is -0.115. The summed E-state index contributed by atoms with van der Waals surface area (Å²) in [7, 11) is 1.05. The van der Waals surface area contributed by atoms with Crippen molar-refractivity contribution >= 4 is 34.0 Å². The molecule has 0 aromatic carbocycles. The van der Waals surface area contributed by atoms with Crippen LogP contribution in [0.1, 0.15) is 13.3 Å². The highest BCUT2D eigenvalue weighted by Gasteiger charge is 2.28. The van der Waals surface area contributed by atoms with Gasteiger partial charge in [-0.1, -0.05) is 6.92 Å². The molecule has 2 aliphatic heterocycles. The molecule has 114 valence electrons. The summed E-state index contributed by atoms with van der Waals surface area (Å²) in [5.41, 5.74) is 0.664. The maximum Gasteiger partial charge on any atom is 0.244 e. The molecule has 1 aromatic heterocycles. The predicted molar refractivity (Wildman–Crippen MR) is 83.2 cm³/mol. The molecule has 2 atom stereocenters. The highest BCUT2D eigenvalue weighted by Crippen LogP contribution is 2.34. The van der Waals surface area contributed by atoms with E-state index in [1.165, 1.54) is 6.33 Å². The van der Waals surface area contributed by atoms with Crippen molar-refractivity contribution < 1.29 is 9.00 Å². The molecule has 0 radical (unpaired) electrons. The van der Waals surface area contributed by atoms with Gasteiger partial charge in [0.1, 0.15) is 12.0 Å². The fraction of sp³-hybridized carbons (Fsp3) is 0.615. The summed E-state index contributed by atoms with van der Waals surface area (Å²) in [6.45, 7) is 3.78. The van der Waals surface area contributed by atoms with Crippen molar-refractivity contribution in [3.05, 3.63) is 6.33 Å². The zero-order chi connectivity index (χ0) is 15.0. The molecule has 1 amide bonds. The summed E-state index contributed by atoms with van der Waals surface area (Å²) in [6.07, 6.45) is 2.38. The molecule has 7 nitrogen and oxygen atoms in total. The third-order valence-electron chi connectivity index (χ3n) is 3.93. The van der Waals surface area contributed by atoms with Crippen LogP contribution in [-0.2, 0) is 15.6 Å². The second-order valence-corrected chi connectivity index (χ2v) is 7.45. The molecule has 1 N–H and O–H groups in total. The van der Waals surface area contributed by atoms with Crippen LogP contribution in [-0.4, -0.2) is 57.8 Å². The normalized spacial score (nSPS) is 26.1. The number of hydrogen-bond donors (Lipinski definition) is 1. The Hall–Kier alpha value is -1.70. The lowest BCUT2D eigenvalue weighted by Gasteiger charge is -2.30. The highest BCUT2D eigenvalue weighted by atomic mass is 32.2. The Labute approximate surface area is 126 Å². The number of carbonyl (C=O) groups is 1. The molecule has 21 heavy (non-hydrogen) atoms. The highest BCUT2D eigenvalue weighted by molar-refractivity contribution is 7.85. The Kier molecular flexibility index (Phi) is 3.79. The first-order valence-electron chi connectivity index (χ1n) is 7.04. The Morgan fingerprint density at radius 3 is 2.90 bits per heavy atom. The minimum absolute atomic E-state index is 0.0622. The van der Waals surface area contributed by atoms with Gasteiger partial charge in [0.15, 0.2) is 11.6 Å². The van der Waals surface area contributed by atoms with Crippen molar-refractivity contribution in [2.75, 3.05) is 47.6 Å². The van der Waals surface area contributed by atoms with Crippen LogP contribution >= 0.6 is 0 Å². The number of nitrogens with one attached hydrogen (secondary N) is 1. The maximum absolute atomic E-state index is 12.0. The van der Waals surface area contributed by atoms with Crippen molar-refractivity contribution in [2.45, 2.75) is 18.6 Å². The summed E-state index contributed by atoms with van der Waals surface area (Å²) in [5, 5.41) is 3.07. The van der Waals surface area contributed by atoms with Gasteiger partial charge in [0.2, 0.25) is 5.91 Å². The van der Waals surface area contributed by atoms with E-state index in [4.69, 9.17) is 0 Å². The van der Waals surface area contributed by atoms with E-state index in [9.17, 15) is 9.00 Å². The molecule has 1 fully saturated rings. The average molecular weight is 309 g/mol. The summed E-state index contributed by atoms with van der Waals surface area (Å²) >= 11 is 0. The lowest BCUT2D eigenvalue weighted by Crippen LogP contribution is -2.38. The molecular weight excluding hydrogens is 290 g/mol. The molecule has 3 heterocycles. The number of likely N-dealkylation sites (N-methyl/N-ethyl adjacent to an activating group) is 1. The average Bonchev–Trinajstić information content (AvgIpc) is 2.61. The van der Waals surface area contributed by atoms with E-state index in [1.54, 1.807) is 0 Å². The summed E-state index contributed by atoms with van der Waals surface area (Å²) in [4.78, 5) is 24.3. The van der Waals surface area contributed by atoms with E-state index in [1.807, 2.05) is 18.9 Å². The molecule has 8 heteroatoms. The zero-order valence-electron chi connectivity index (χ0n) is 12.2. The second kappa shape index (κ2) is 5.59. The molecule has 0 saturated carbocycles. The Morgan fingerprint density at radius 2 is 2.10 bits per heavy atom. The third kappa shape index (κ3) is 2.72. The van der Waals surface area contributed by atoms with Crippen molar-refractivity contribution in [2.24, 2.45) is 0 Å². The van der Waals surface area contributed by atoms with Gasteiger partial charge in [0.05, 0.1) is 6.54 Å². The number of amides is 1. The molecule has 1 aromatic rings. The number of anilines is 3. The topological polar surface area (TPSA) is 78.4 Å². The van der Waals surface area contributed by atoms with Crippen molar-refractivity contribution in [1.29, 1.82) is 0 Å². The molecule has 2 aliphatic rings. The largest absolute Gasteiger partial charge is 0.354 e. The van der Waals surface area contributed by atoms with E-state index in [-0.39, 0.29) is 11.2 Å². The van der Waals surface area contributed by atoms with Crippen molar-refractivity contribution in [3.8, 4) is 0 Å². The smallest absolute Gasteiger partial charge is 0.244 e. The predicted octanol–water partition coefficient (Wildman–Crippen LogP) is 0.212. The van der Waals surface area contributed by atoms with Gasteiger partial charge < -0.3 is 15.1 Å². The summed E-state index contributed by atoms with van der Waals surface area (Å²) in [5.74, 6) is 2.03. The first kappa shape index (κ1) is 14.2. The molecule has 2 unspecified atom stereocenters. The van der Waals surface area contributed by atoms with Crippen LogP contribution < -0.4 is 15.1 Å². The number of aromatic nitrogens is 2. The van der Waals surface area contributed by atoms with Crippen LogP contribution in [0.2, 0.25) is 0 Å². The van der Waals surface area contributed by atoms with Crippen molar-refractivity contribution in [1.82, 2.24) is 9.97 Å². The number of nitrogens with zero attached hydrogens (tertiary/aromatic N) is 4. The van der Waals surface area contributed by atoms with Gasteiger partial charge in [-0.15, -0.1) is 0 Å². The van der Waals surface area contributed by atoms with Gasteiger partial charge >= 0.3 is 0 Å². The molecule has 3 rings (SSSR count).